The van der Waals surface area contributed by atoms with E-state index in [1.807, 2.05) is 19.2 Å². The molecule has 0 aromatic heterocycles. The van der Waals surface area contributed by atoms with E-state index in [-0.39, 0.29) is 12.5 Å². The fourth-order valence-electron chi connectivity index (χ4n) is 1.43. The van der Waals surface area contributed by atoms with Gasteiger partial charge in [-0.05, 0) is 56.6 Å². The van der Waals surface area contributed by atoms with Gasteiger partial charge in [-0.15, -0.1) is 6.58 Å². The Hall–Kier alpha value is -0.850. The minimum atomic E-state index is -0.182. The number of nitrogens with one attached hydrogen (secondary N) is 2. The molecular weight excluding hydrogens is 376 g/mol. The van der Waals surface area contributed by atoms with Crippen molar-refractivity contribution in [1.82, 2.24) is 10.6 Å². The van der Waals surface area contributed by atoms with Crippen LogP contribution in [0.25, 0.3) is 0 Å². The monoisotopic (exact) mass is 390 g/mol. The molecule has 0 aliphatic heterocycles. The predicted molar refractivity (Wildman–Crippen MR) is 83.3 cm³/mol. The first kappa shape index (κ1) is 16.2. The Balaban J connectivity index is 2.68. The van der Waals surface area contributed by atoms with Crippen molar-refractivity contribution >= 4 is 37.8 Å². The number of hydrogen-bond acceptors (Lipinski definition) is 3. The van der Waals surface area contributed by atoms with Crippen LogP contribution in [0.1, 0.15) is 5.56 Å². The van der Waals surface area contributed by atoms with Gasteiger partial charge >= 0.3 is 0 Å². The van der Waals surface area contributed by atoms with Gasteiger partial charge in [0.25, 0.3) is 5.91 Å². The molecule has 0 saturated heterocycles. The van der Waals surface area contributed by atoms with Crippen LogP contribution in [-0.2, 0) is 11.3 Å². The number of hydrogen-bond donors (Lipinski definition) is 2. The topological polar surface area (TPSA) is 50.4 Å². The second-order valence-corrected chi connectivity index (χ2v) is 5.51. The molecule has 1 aromatic carbocycles. The fraction of sp³-hybridized carbons (Fsp3) is 0.308. The highest BCUT2D eigenvalue weighted by atomic mass is 79.9. The standard InChI is InChI=1S/C13H16Br2N2O2/c1-3-4-17-12(18)8-19-13-10(14)5-9(7-16-2)6-11(13)15/h3,5-6,16H,1,4,7-8H2,2H3,(H,17,18). The van der Waals surface area contributed by atoms with Crippen molar-refractivity contribution in [3.8, 4) is 5.75 Å². The molecule has 0 aliphatic carbocycles. The molecule has 2 N–H and O–H groups in total. The van der Waals surface area contributed by atoms with Crippen LogP contribution < -0.4 is 15.4 Å². The first-order chi connectivity index (χ1) is 9.08. The van der Waals surface area contributed by atoms with Crippen LogP contribution in [0.2, 0.25) is 0 Å². The van der Waals surface area contributed by atoms with Crippen molar-refractivity contribution in [3.63, 3.8) is 0 Å². The lowest BCUT2D eigenvalue weighted by Crippen LogP contribution is -2.28. The zero-order valence-electron chi connectivity index (χ0n) is 10.6. The predicted octanol–water partition coefficient (Wildman–Crippen LogP) is 2.61. The normalized spacial score (nSPS) is 10.1. The summed E-state index contributed by atoms with van der Waals surface area (Å²) >= 11 is 6.88. The van der Waals surface area contributed by atoms with Crippen molar-refractivity contribution in [2.24, 2.45) is 0 Å². The summed E-state index contributed by atoms with van der Waals surface area (Å²) in [6.45, 7) is 4.70. The largest absolute Gasteiger partial charge is 0.481 e. The maximum Gasteiger partial charge on any atom is 0.258 e. The first-order valence-electron chi connectivity index (χ1n) is 5.71. The van der Waals surface area contributed by atoms with Gasteiger partial charge in [-0.3, -0.25) is 4.79 Å². The van der Waals surface area contributed by atoms with Gasteiger partial charge in [0.05, 0.1) is 8.95 Å². The second-order valence-electron chi connectivity index (χ2n) is 3.80. The Kier molecular flexibility index (Phi) is 7.12. The molecule has 6 heteroatoms. The molecule has 0 fully saturated rings. The molecule has 0 radical (unpaired) electrons. The van der Waals surface area contributed by atoms with Crippen molar-refractivity contribution < 1.29 is 9.53 Å². The average Bonchev–Trinajstić information content (AvgIpc) is 2.35. The summed E-state index contributed by atoms with van der Waals surface area (Å²) in [6.07, 6.45) is 1.62. The molecule has 1 amide bonds. The van der Waals surface area contributed by atoms with E-state index in [9.17, 15) is 4.79 Å². The molecule has 0 spiro atoms. The van der Waals surface area contributed by atoms with Crippen molar-refractivity contribution in [2.75, 3.05) is 20.2 Å². The average molecular weight is 392 g/mol. The minimum absolute atomic E-state index is 0.0313. The zero-order chi connectivity index (χ0) is 14.3. The van der Waals surface area contributed by atoms with Gasteiger partial charge < -0.3 is 15.4 Å². The van der Waals surface area contributed by atoms with Crippen LogP contribution >= 0.6 is 31.9 Å². The summed E-state index contributed by atoms with van der Waals surface area (Å²) in [5, 5.41) is 5.73. The van der Waals surface area contributed by atoms with Gasteiger partial charge in [0.1, 0.15) is 5.75 Å². The lowest BCUT2D eigenvalue weighted by Gasteiger charge is -2.12. The number of ether oxygens (including phenoxy) is 1. The molecule has 104 valence electrons. The lowest BCUT2D eigenvalue weighted by atomic mass is 10.2. The third-order valence-electron chi connectivity index (χ3n) is 2.23. The smallest absolute Gasteiger partial charge is 0.258 e. The highest BCUT2D eigenvalue weighted by Gasteiger charge is 2.10. The van der Waals surface area contributed by atoms with Crippen LogP contribution in [-0.4, -0.2) is 26.1 Å². The van der Waals surface area contributed by atoms with Gasteiger partial charge in [0, 0.05) is 13.1 Å². The van der Waals surface area contributed by atoms with E-state index < -0.39 is 0 Å². The summed E-state index contributed by atoms with van der Waals surface area (Å²) in [6, 6.07) is 3.91. The highest BCUT2D eigenvalue weighted by molar-refractivity contribution is 9.11. The maximum absolute atomic E-state index is 11.4. The lowest BCUT2D eigenvalue weighted by molar-refractivity contribution is -0.122. The van der Waals surface area contributed by atoms with Gasteiger partial charge in [-0.1, -0.05) is 6.08 Å². The van der Waals surface area contributed by atoms with Crippen LogP contribution in [0.15, 0.2) is 33.7 Å². The number of halogens is 2. The van der Waals surface area contributed by atoms with Crippen molar-refractivity contribution in [3.05, 3.63) is 39.3 Å². The van der Waals surface area contributed by atoms with E-state index in [2.05, 4.69) is 49.1 Å². The molecular formula is C13H16Br2N2O2. The SMILES string of the molecule is C=CCNC(=O)COc1c(Br)cc(CNC)cc1Br. The van der Waals surface area contributed by atoms with Crippen molar-refractivity contribution in [2.45, 2.75) is 6.54 Å². The number of rotatable bonds is 7. The number of amides is 1. The first-order valence-corrected chi connectivity index (χ1v) is 7.30. The summed E-state index contributed by atoms with van der Waals surface area (Å²) in [5.41, 5.74) is 1.12. The number of carbonyl (C=O) groups excluding carboxylic acids is 1. The summed E-state index contributed by atoms with van der Waals surface area (Å²) in [7, 11) is 1.89. The Morgan fingerprint density at radius 3 is 2.58 bits per heavy atom. The molecule has 0 heterocycles. The van der Waals surface area contributed by atoms with Crippen LogP contribution in [0.5, 0.6) is 5.75 Å². The highest BCUT2D eigenvalue weighted by Crippen LogP contribution is 2.34. The van der Waals surface area contributed by atoms with E-state index in [4.69, 9.17) is 4.74 Å². The van der Waals surface area contributed by atoms with Crippen LogP contribution in [0.3, 0.4) is 0 Å². The zero-order valence-corrected chi connectivity index (χ0v) is 13.8. The van der Waals surface area contributed by atoms with E-state index in [0.717, 1.165) is 21.1 Å². The molecule has 0 bridgehead atoms. The fourth-order valence-corrected chi connectivity index (χ4v) is 2.94. The molecule has 0 aliphatic rings. The van der Waals surface area contributed by atoms with E-state index >= 15 is 0 Å². The third-order valence-corrected chi connectivity index (χ3v) is 3.41. The van der Waals surface area contributed by atoms with Crippen LogP contribution in [0.4, 0.5) is 0 Å². The van der Waals surface area contributed by atoms with Crippen molar-refractivity contribution in [1.29, 1.82) is 0 Å². The number of benzene rings is 1. The van der Waals surface area contributed by atoms with Gasteiger partial charge in [0.15, 0.2) is 6.61 Å². The summed E-state index contributed by atoms with van der Waals surface area (Å²) < 4.78 is 7.12. The molecule has 1 aromatic rings. The number of carbonyl (C=O) groups is 1. The summed E-state index contributed by atoms with van der Waals surface area (Å²) in [4.78, 5) is 11.4. The van der Waals surface area contributed by atoms with E-state index in [0.29, 0.717) is 12.3 Å². The Bertz CT molecular complexity index is 441. The Labute approximate surface area is 129 Å². The van der Waals surface area contributed by atoms with Gasteiger partial charge in [-0.2, -0.15) is 0 Å². The Morgan fingerprint density at radius 2 is 2.05 bits per heavy atom. The minimum Gasteiger partial charge on any atom is -0.481 e. The van der Waals surface area contributed by atoms with E-state index in [1.165, 1.54) is 0 Å². The van der Waals surface area contributed by atoms with Gasteiger partial charge in [-0.25, -0.2) is 0 Å². The summed E-state index contributed by atoms with van der Waals surface area (Å²) in [5.74, 6) is 0.437. The molecule has 1 rings (SSSR count). The quantitative estimate of drug-likeness (QED) is 0.702. The molecule has 0 atom stereocenters. The molecule has 4 nitrogen and oxygen atoms in total. The molecule has 19 heavy (non-hydrogen) atoms. The Morgan fingerprint density at radius 1 is 1.42 bits per heavy atom. The van der Waals surface area contributed by atoms with Crippen LogP contribution in [0, 0.1) is 0 Å². The molecule has 0 unspecified atom stereocenters. The van der Waals surface area contributed by atoms with E-state index in [1.54, 1.807) is 6.08 Å². The third kappa shape index (κ3) is 5.34. The maximum atomic E-state index is 11.4. The van der Waals surface area contributed by atoms with Gasteiger partial charge in [0.2, 0.25) is 0 Å². The molecule has 0 saturated carbocycles. The second kappa shape index (κ2) is 8.35.